The molecule has 1 aromatic heterocycles. The van der Waals surface area contributed by atoms with Gasteiger partial charge >= 0.3 is 0 Å². The largest absolute Gasteiger partial charge is 0.248 e. The minimum Gasteiger partial charge on any atom is -0.238 e. The second-order valence-corrected chi connectivity index (χ2v) is 3.66. The molecule has 0 radical (unpaired) electrons. The molecule has 1 rings (SSSR count). The van der Waals surface area contributed by atoms with E-state index < -0.39 is 6.43 Å². The summed E-state index contributed by atoms with van der Waals surface area (Å²) in [6.07, 6.45) is -0.632. The molecule has 0 spiro atoms. The summed E-state index contributed by atoms with van der Waals surface area (Å²) in [5.41, 5.74) is 0. The molecule has 0 fully saturated rings. The number of rotatable bonds is 3. The number of alkyl halides is 2. The van der Waals surface area contributed by atoms with Crippen molar-refractivity contribution in [3.63, 3.8) is 0 Å². The van der Waals surface area contributed by atoms with Gasteiger partial charge in [0.25, 0.3) is 0 Å². The maximum atomic E-state index is 11.6. The van der Waals surface area contributed by atoms with Crippen molar-refractivity contribution in [2.45, 2.75) is 10.8 Å². The summed E-state index contributed by atoms with van der Waals surface area (Å²) in [5, 5.41) is 1.77. The monoisotopic (exact) mass is 181 g/mol. The summed E-state index contributed by atoms with van der Waals surface area (Å²) in [5.74, 6) is -0.159. The normalized spacial score (nSPS) is 10.7. The Labute approximate surface area is 65.5 Å². The Morgan fingerprint density at radius 3 is 3.00 bits per heavy atom. The van der Waals surface area contributed by atoms with Crippen LogP contribution in [0.3, 0.4) is 0 Å². The predicted molar refractivity (Wildman–Crippen MR) is 38.8 cm³/mol. The summed E-state index contributed by atoms with van der Waals surface area (Å²) in [6, 6.07) is 0. The van der Waals surface area contributed by atoms with Crippen molar-refractivity contribution < 1.29 is 8.78 Å². The fraction of sp³-hybridized carbons (Fsp3) is 0.400. The van der Waals surface area contributed by atoms with E-state index in [1.165, 1.54) is 11.3 Å². The Morgan fingerprint density at radius 2 is 2.50 bits per heavy atom. The molecule has 0 aromatic carbocycles. The highest BCUT2D eigenvalue weighted by atomic mass is 32.2. The van der Waals surface area contributed by atoms with Crippen LogP contribution in [0.5, 0.6) is 0 Å². The van der Waals surface area contributed by atoms with E-state index in [1.807, 2.05) is 0 Å². The summed E-state index contributed by atoms with van der Waals surface area (Å²) in [4.78, 5) is 3.84. The van der Waals surface area contributed by atoms with Gasteiger partial charge in [0.1, 0.15) is 4.34 Å². The Hall–Kier alpha value is -0.160. The van der Waals surface area contributed by atoms with Crippen LogP contribution < -0.4 is 0 Å². The van der Waals surface area contributed by atoms with Crippen molar-refractivity contribution >= 4 is 23.1 Å². The van der Waals surface area contributed by atoms with Crippen molar-refractivity contribution in [3.05, 3.63) is 11.6 Å². The summed E-state index contributed by atoms with van der Waals surface area (Å²) < 4.78 is 23.9. The molecule has 0 aliphatic rings. The number of hydrogen-bond acceptors (Lipinski definition) is 3. The van der Waals surface area contributed by atoms with Crippen LogP contribution in [0.4, 0.5) is 8.78 Å². The molecule has 0 unspecified atom stereocenters. The van der Waals surface area contributed by atoms with Crippen LogP contribution >= 0.6 is 23.1 Å². The minimum absolute atomic E-state index is 0.159. The maximum absolute atomic E-state index is 11.6. The van der Waals surface area contributed by atoms with E-state index in [2.05, 4.69) is 4.98 Å². The van der Waals surface area contributed by atoms with E-state index in [0.29, 0.717) is 4.34 Å². The van der Waals surface area contributed by atoms with Gasteiger partial charge in [0.15, 0.2) is 0 Å². The first-order valence-electron chi connectivity index (χ1n) is 2.59. The molecule has 0 aliphatic heterocycles. The van der Waals surface area contributed by atoms with E-state index >= 15 is 0 Å². The number of nitrogens with zero attached hydrogens (tertiary/aromatic N) is 1. The predicted octanol–water partition coefficient (Wildman–Crippen LogP) is 2.50. The molecule has 1 heterocycles. The standard InChI is InChI=1S/C5H5F2NS2/c6-4(7)3-10-5-8-1-2-9-5/h1-2,4H,3H2. The number of hydrogen-bond donors (Lipinski definition) is 0. The van der Waals surface area contributed by atoms with Gasteiger partial charge in [0.2, 0.25) is 6.43 Å². The van der Waals surface area contributed by atoms with E-state index in [0.717, 1.165) is 11.8 Å². The summed E-state index contributed by atoms with van der Waals surface area (Å²) >= 11 is 2.48. The highest BCUT2D eigenvalue weighted by Gasteiger charge is 2.04. The molecule has 0 aliphatic carbocycles. The zero-order valence-corrected chi connectivity index (χ0v) is 6.59. The molecule has 0 saturated heterocycles. The van der Waals surface area contributed by atoms with Gasteiger partial charge in [-0.3, -0.25) is 0 Å². The SMILES string of the molecule is FC(F)CSc1nccs1. The molecule has 1 nitrogen and oxygen atoms in total. The average Bonchev–Trinajstić information content (AvgIpc) is 2.34. The van der Waals surface area contributed by atoms with Gasteiger partial charge < -0.3 is 0 Å². The molecule has 0 bridgehead atoms. The first kappa shape index (κ1) is 7.94. The third-order valence-electron chi connectivity index (χ3n) is 0.742. The van der Waals surface area contributed by atoms with Crippen molar-refractivity contribution in [1.82, 2.24) is 4.98 Å². The molecule has 0 saturated carbocycles. The van der Waals surface area contributed by atoms with Crippen LogP contribution in [-0.4, -0.2) is 17.2 Å². The number of thiazole rings is 1. The number of thioether (sulfide) groups is 1. The zero-order valence-electron chi connectivity index (χ0n) is 4.96. The molecule has 0 N–H and O–H groups in total. The lowest BCUT2D eigenvalue weighted by Gasteiger charge is -1.93. The molecule has 0 amide bonds. The molecular weight excluding hydrogens is 176 g/mol. The quantitative estimate of drug-likeness (QED) is 0.664. The summed E-state index contributed by atoms with van der Waals surface area (Å²) in [6.45, 7) is 0. The molecule has 5 heteroatoms. The molecule has 10 heavy (non-hydrogen) atoms. The lowest BCUT2D eigenvalue weighted by Crippen LogP contribution is -1.92. The number of halogens is 2. The van der Waals surface area contributed by atoms with Gasteiger partial charge in [-0.15, -0.1) is 11.3 Å². The Morgan fingerprint density at radius 1 is 1.70 bits per heavy atom. The lowest BCUT2D eigenvalue weighted by atomic mass is 10.9. The fourth-order valence-corrected chi connectivity index (χ4v) is 1.82. The van der Waals surface area contributed by atoms with Crippen molar-refractivity contribution in [1.29, 1.82) is 0 Å². The van der Waals surface area contributed by atoms with Crippen LogP contribution in [0.15, 0.2) is 15.9 Å². The smallest absolute Gasteiger partial charge is 0.238 e. The third kappa shape index (κ3) is 2.62. The first-order chi connectivity index (χ1) is 4.79. The van der Waals surface area contributed by atoms with Gasteiger partial charge in [-0.2, -0.15) is 0 Å². The van der Waals surface area contributed by atoms with Gasteiger partial charge in [0.05, 0.1) is 5.75 Å². The Balaban J connectivity index is 2.28. The van der Waals surface area contributed by atoms with Crippen molar-refractivity contribution in [3.8, 4) is 0 Å². The van der Waals surface area contributed by atoms with Crippen LogP contribution in [0.25, 0.3) is 0 Å². The summed E-state index contributed by atoms with van der Waals surface area (Å²) in [7, 11) is 0. The van der Waals surface area contributed by atoms with Crippen LogP contribution in [-0.2, 0) is 0 Å². The van der Waals surface area contributed by atoms with Gasteiger partial charge in [0, 0.05) is 11.6 Å². The topological polar surface area (TPSA) is 12.9 Å². The van der Waals surface area contributed by atoms with Crippen molar-refractivity contribution in [2.75, 3.05) is 5.75 Å². The maximum Gasteiger partial charge on any atom is 0.248 e. The number of aromatic nitrogens is 1. The third-order valence-corrected chi connectivity index (χ3v) is 2.72. The van der Waals surface area contributed by atoms with E-state index in [1.54, 1.807) is 11.6 Å². The molecule has 0 atom stereocenters. The second kappa shape index (κ2) is 3.88. The van der Waals surface area contributed by atoms with Crippen LogP contribution in [0.1, 0.15) is 0 Å². The van der Waals surface area contributed by atoms with Gasteiger partial charge in [-0.05, 0) is 0 Å². The van der Waals surface area contributed by atoms with Gasteiger partial charge in [-0.25, -0.2) is 13.8 Å². The molecular formula is C5H5F2NS2. The second-order valence-electron chi connectivity index (χ2n) is 1.50. The van der Waals surface area contributed by atoms with Crippen molar-refractivity contribution in [2.24, 2.45) is 0 Å². The Kier molecular flexibility index (Phi) is 3.08. The molecule has 1 aromatic rings. The van der Waals surface area contributed by atoms with Crippen LogP contribution in [0, 0.1) is 0 Å². The van der Waals surface area contributed by atoms with E-state index in [-0.39, 0.29) is 5.75 Å². The highest BCUT2D eigenvalue weighted by molar-refractivity contribution is 8.01. The van der Waals surface area contributed by atoms with E-state index in [9.17, 15) is 8.78 Å². The highest BCUT2D eigenvalue weighted by Crippen LogP contribution is 2.21. The van der Waals surface area contributed by atoms with E-state index in [4.69, 9.17) is 0 Å². The average molecular weight is 181 g/mol. The first-order valence-corrected chi connectivity index (χ1v) is 4.46. The Bertz CT molecular complexity index is 176. The zero-order chi connectivity index (χ0) is 7.40. The van der Waals surface area contributed by atoms with Crippen LogP contribution in [0.2, 0.25) is 0 Å². The lowest BCUT2D eigenvalue weighted by molar-refractivity contribution is 0.177. The molecule has 56 valence electrons. The minimum atomic E-state index is -2.24. The van der Waals surface area contributed by atoms with Gasteiger partial charge in [-0.1, -0.05) is 11.8 Å². The fourth-order valence-electron chi connectivity index (χ4n) is 0.416.